The van der Waals surface area contributed by atoms with E-state index in [0.29, 0.717) is 21.9 Å². The maximum absolute atomic E-state index is 11.9. The van der Waals surface area contributed by atoms with Crippen molar-refractivity contribution in [2.24, 2.45) is 0 Å². The van der Waals surface area contributed by atoms with E-state index in [1.54, 1.807) is 31.3 Å². The summed E-state index contributed by atoms with van der Waals surface area (Å²) in [5.74, 6) is -1.47. The Morgan fingerprint density at radius 1 is 1.17 bits per heavy atom. The minimum absolute atomic E-state index is 0.452. The molecule has 1 N–H and O–H groups in total. The van der Waals surface area contributed by atoms with E-state index in [1.165, 1.54) is 0 Å². The molecule has 0 heterocycles. The Kier molecular flexibility index (Phi) is 6.68. The van der Waals surface area contributed by atoms with Crippen molar-refractivity contribution >= 4 is 23.5 Å². The summed E-state index contributed by atoms with van der Waals surface area (Å²) < 4.78 is 45.4. The fraction of sp³-hybridized carbons (Fsp3) is 0.429. The maximum atomic E-state index is 11.9. The van der Waals surface area contributed by atoms with Crippen molar-refractivity contribution in [3.05, 3.63) is 28.3 Å². The van der Waals surface area contributed by atoms with E-state index in [4.69, 9.17) is 16.3 Å². The highest BCUT2D eigenvalue weighted by molar-refractivity contribution is 6.30. The molecular weight excluding hydrogens is 339 g/mol. The van der Waals surface area contributed by atoms with E-state index >= 15 is 0 Å². The summed E-state index contributed by atoms with van der Waals surface area (Å²) in [6.45, 7) is 0.712. The fourth-order valence-electron chi connectivity index (χ4n) is 1.69. The number of ether oxygens (including phenoxy) is 2. The second-order valence-corrected chi connectivity index (χ2v) is 5.15. The number of carbonyl (C=O) groups excluding carboxylic acids is 2. The van der Waals surface area contributed by atoms with Gasteiger partial charge in [-0.3, -0.25) is 4.79 Å². The topological polar surface area (TPSA) is 64.6 Å². The van der Waals surface area contributed by atoms with Gasteiger partial charge in [0, 0.05) is 5.02 Å². The van der Waals surface area contributed by atoms with Gasteiger partial charge in [-0.15, -0.1) is 0 Å². The summed E-state index contributed by atoms with van der Waals surface area (Å²) in [4.78, 5) is 22.5. The fourth-order valence-corrected chi connectivity index (χ4v) is 2.02. The van der Waals surface area contributed by atoms with Crippen molar-refractivity contribution in [1.29, 1.82) is 0 Å². The predicted octanol–water partition coefficient (Wildman–Crippen LogP) is 2.56. The van der Waals surface area contributed by atoms with Gasteiger partial charge in [0.15, 0.2) is 13.2 Å². The zero-order valence-electron chi connectivity index (χ0n) is 12.4. The third-order valence-electron chi connectivity index (χ3n) is 2.61. The van der Waals surface area contributed by atoms with E-state index in [9.17, 15) is 22.8 Å². The second-order valence-electron chi connectivity index (χ2n) is 4.71. The summed E-state index contributed by atoms with van der Waals surface area (Å²) in [6.07, 6.45) is -4.52. The Labute approximate surface area is 135 Å². The van der Waals surface area contributed by atoms with Crippen molar-refractivity contribution in [2.45, 2.75) is 20.0 Å². The number of alkyl halides is 3. The number of rotatable bonds is 6. The van der Waals surface area contributed by atoms with E-state index in [2.05, 4.69) is 4.74 Å². The molecule has 9 heteroatoms. The molecule has 0 unspecified atom stereocenters. The van der Waals surface area contributed by atoms with Crippen LogP contribution in [0.1, 0.15) is 11.1 Å². The molecule has 5 nitrogen and oxygen atoms in total. The first-order chi connectivity index (χ1) is 10.6. The zero-order chi connectivity index (χ0) is 17.6. The number of amides is 1. The number of aryl methyl sites for hydroxylation is 2. The molecule has 0 aliphatic heterocycles. The first kappa shape index (κ1) is 19.1. The second kappa shape index (κ2) is 8.05. The summed E-state index contributed by atoms with van der Waals surface area (Å²) >= 11 is 5.86. The zero-order valence-corrected chi connectivity index (χ0v) is 13.2. The Morgan fingerprint density at radius 2 is 1.74 bits per heavy atom. The normalized spacial score (nSPS) is 11.0. The first-order valence-corrected chi connectivity index (χ1v) is 6.85. The highest BCUT2D eigenvalue weighted by Crippen LogP contribution is 2.26. The lowest BCUT2D eigenvalue weighted by Crippen LogP contribution is -2.36. The molecule has 1 amide bonds. The quantitative estimate of drug-likeness (QED) is 0.798. The monoisotopic (exact) mass is 353 g/mol. The van der Waals surface area contributed by atoms with Gasteiger partial charge in [-0.2, -0.15) is 13.2 Å². The van der Waals surface area contributed by atoms with Gasteiger partial charge in [0.1, 0.15) is 12.3 Å². The molecule has 0 aliphatic rings. The minimum Gasteiger partial charge on any atom is -0.481 e. The largest absolute Gasteiger partial charge is 0.481 e. The van der Waals surface area contributed by atoms with Gasteiger partial charge < -0.3 is 14.8 Å². The van der Waals surface area contributed by atoms with Crippen LogP contribution in [0.3, 0.4) is 0 Å². The summed E-state index contributed by atoms with van der Waals surface area (Å²) in [5.41, 5.74) is 1.43. The first-order valence-electron chi connectivity index (χ1n) is 6.47. The minimum atomic E-state index is -4.52. The average Bonchev–Trinajstić information content (AvgIpc) is 2.40. The highest BCUT2D eigenvalue weighted by Gasteiger charge is 2.27. The lowest BCUT2D eigenvalue weighted by Gasteiger charge is -2.12. The average molecular weight is 354 g/mol. The Bertz CT molecular complexity index is 567. The number of hydrogen-bond acceptors (Lipinski definition) is 4. The molecule has 0 bridgehead atoms. The Hall–Kier alpha value is -1.96. The smallest absolute Gasteiger partial charge is 0.405 e. The van der Waals surface area contributed by atoms with E-state index < -0.39 is 37.8 Å². The molecule has 1 aromatic rings. The highest BCUT2D eigenvalue weighted by atomic mass is 35.5. The molecule has 0 aromatic heterocycles. The number of hydrogen-bond donors (Lipinski definition) is 1. The van der Waals surface area contributed by atoms with Crippen LogP contribution < -0.4 is 10.1 Å². The third-order valence-corrected chi connectivity index (χ3v) is 2.83. The van der Waals surface area contributed by atoms with Crippen LogP contribution in [0.25, 0.3) is 0 Å². The van der Waals surface area contributed by atoms with Gasteiger partial charge in [-0.1, -0.05) is 11.6 Å². The molecule has 0 radical (unpaired) electrons. The molecule has 0 aliphatic carbocycles. The van der Waals surface area contributed by atoms with Crippen LogP contribution in [0.15, 0.2) is 12.1 Å². The van der Waals surface area contributed by atoms with E-state index in [-0.39, 0.29) is 0 Å². The van der Waals surface area contributed by atoms with E-state index in [1.807, 2.05) is 0 Å². The number of nitrogens with one attached hydrogen (secondary N) is 1. The van der Waals surface area contributed by atoms with Gasteiger partial charge >= 0.3 is 12.1 Å². The molecule has 0 saturated carbocycles. The number of carbonyl (C=O) groups is 2. The van der Waals surface area contributed by atoms with Crippen molar-refractivity contribution in [2.75, 3.05) is 19.8 Å². The summed E-state index contributed by atoms with van der Waals surface area (Å²) in [6, 6.07) is 3.31. The standard InChI is InChI=1S/C14H15ClF3NO4/c1-8-3-10(15)4-9(2)13(8)23-6-12(21)22-5-11(20)19-7-14(16,17)18/h3-4H,5-7H2,1-2H3,(H,19,20). The lowest BCUT2D eigenvalue weighted by molar-refractivity contribution is -0.152. The SMILES string of the molecule is Cc1cc(Cl)cc(C)c1OCC(=O)OCC(=O)NCC(F)(F)F. The number of benzene rings is 1. The van der Waals surface area contributed by atoms with Gasteiger partial charge in [-0.05, 0) is 37.1 Å². The molecule has 0 fully saturated rings. The van der Waals surface area contributed by atoms with E-state index in [0.717, 1.165) is 0 Å². The van der Waals surface area contributed by atoms with Crippen LogP contribution in [0.5, 0.6) is 5.75 Å². The van der Waals surface area contributed by atoms with Gasteiger partial charge in [0.05, 0.1) is 0 Å². The van der Waals surface area contributed by atoms with Crippen molar-refractivity contribution in [1.82, 2.24) is 5.32 Å². The number of esters is 1. The number of halogens is 4. The Balaban J connectivity index is 2.39. The van der Waals surface area contributed by atoms with Crippen LogP contribution in [0, 0.1) is 13.8 Å². The van der Waals surface area contributed by atoms with Gasteiger partial charge in [-0.25, -0.2) is 4.79 Å². The van der Waals surface area contributed by atoms with Gasteiger partial charge in [0.25, 0.3) is 5.91 Å². The molecule has 0 atom stereocenters. The van der Waals surface area contributed by atoms with Crippen LogP contribution >= 0.6 is 11.6 Å². The molecular formula is C14H15ClF3NO4. The molecule has 23 heavy (non-hydrogen) atoms. The van der Waals surface area contributed by atoms with Crippen LogP contribution in [0.4, 0.5) is 13.2 Å². The van der Waals surface area contributed by atoms with Crippen LogP contribution in [-0.4, -0.2) is 37.8 Å². The van der Waals surface area contributed by atoms with Gasteiger partial charge in [0.2, 0.25) is 0 Å². The predicted molar refractivity (Wildman–Crippen MR) is 76.4 cm³/mol. The molecule has 0 spiro atoms. The summed E-state index contributed by atoms with van der Waals surface area (Å²) in [7, 11) is 0. The summed E-state index contributed by atoms with van der Waals surface area (Å²) in [5, 5.41) is 2.10. The van der Waals surface area contributed by atoms with Crippen molar-refractivity contribution in [3.63, 3.8) is 0 Å². The molecule has 1 rings (SSSR count). The molecule has 0 saturated heterocycles. The van der Waals surface area contributed by atoms with Crippen molar-refractivity contribution < 1.29 is 32.2 Å². The third kappa shape index (κ3) is 7.23. The maximum Gasteiger partial charge on any atom is 0.405 e. The lowest BCUT2D eigenvalue weighted by atomic mass is 10.1. The molecule has 128 valence electrons. The van der Waals surface area contributed by atoms with Crippen molar-refractivity contribution in [3.8, 4) is 5.75 Å². The molecule has 1 aromatic carbocycles. The van der Waals surface area contributed by atoms with Crippen LogP contribution in [-0.2, 0) is 14.3 Å². The Morgan fingerprint density at radius 3 is 2.26 bits per heavy atom. The van der Waals surface area contributed by atoms with Crippen LogP contribution in [0.2, 0.25) is 5.02 Å².